The molecule has 1 amide bonds. The lowest BCUT2D eigenvalue weighted by atomic mass is 9.94. The molecule has 1 saturated carbocycles. The summed E-state index contributed by atoms with van der Waals surface area (Å²) in [5.74, 6) is 1.79. The molecule has 2 aliphatic carbocycles. The average Bonchev–Trinajstić information content (AvgIpc) is 3.36. The Morgan fingerprint density at radius 2 is 2.03 bits per heavy atom. The molecule has 0 saturated heterocycles. The van der Waals surface area contributed by atoms with Gasteiger partial charge in [-0.2, -0.15) is 0 Å². The molecule has 152 valence electrons. The summed E-state index contributed by atoms with van der Waals surface area (Å²) in [4.78, 5) is 24.7. The topological polar surface area (TPSA) is 80.6 Å². The number of benzene rings is 1. The highest BCUT2D eigenvalue weighted by Crippen LogP contribution is 2.42. The zero-order valence-electron chi connectivity index (χ0n) is 16.3. The van der Waals surface area contributed by atoms with E-state index in [1.54, 1.807) is 4.57 Å². The van der Waals surface area contributed by atoms with Crippen molar-refractivity contribution in [2.75, 3.05) is 6.54 Å². The minimum absolute atomic E-state index is 0.0362. The number of nitrogens with one attached hydrogen (secondary N) is 1. The number of carbonyl (C=O) groups is 1. The van der Waals surface area contributed by atoms with Crippen LogP contribution < -0.4 is 15.5 Å². The van der Waals surface area contributed by atoms with Crippen LogP contribution in [-0.2, 0) is 24.6 Å². The number of aliphatic hydroxyl groups is 1. The Bertz CT molecular complexity index is 951. The van der Waals surface area contributed by atoms with Gasteiger partial charge in [-0.05, 0) is 36.2 Å². The van der Waals surface area contributed by atoms with Crippen molar-refractivity contribution in [3.63, 3.8) is 0 Å². The highest BCUT2D eigenvalue weighted by Gasteiger charge is 2.35. The molecular formula is C23H26N2O4. The second-order valence-electron chi connectivity index (χ2n) is 7.90. The molecular weight excluding hydrogens is 368 g/mol. The first-order valence-electron chi connectivity index (χ1n) is 10.1. The third kappa shape index (κ3) is 4.59. The number of aliphatic hydroxyl groups excluding tert-OH is 1. The van der Waals surface area contributed by atoms with Gasteiger partial charge in [0.1, 0.15) is 13.2 Å². The molecule has 1 fully saturated rings. The molecule has 2 aromatic rings. The van der Waals surface area contributed by atoms with Crippen LogP contribution in [0.3, 0.4) is 0 Å². The van der Waals surface area contributed by atoms with Gasteiger partial charge in [0.2, 0.25) is 11.3 Å². The van der Waals surface area contributed by atoms with Crippen LogP contribution in [-0.4, -0.2) is 22.1 Å². The van der Waals surface area contributed by atoms with E-state index in [1.165, 1.54) is 18.7 Å². The van der Waals surface area contributed by atoms with Crippen molar-refractivity contribution in [2.24, 2.45) is 17.8 Å². The van der Waals surface area contributed by atoms with E-state index in [2.05, 4.69) is 17.5 Å². The summed E-state index contributed by atoms with van der Waals surface area (Å²) in [7, 11) is 0. The van der Waals surface area contributed by atoms with Gasteiger partial charge in [-0.15, -0.1) is 0 Å². The summed E-state index contributed by atoms with van der Waals surface area (Å²) in [5, 5.41) is 12.6. The van der Waals surface area contributed by atoms with Crippen LogP contribution in [0.2, 0.25) is 0 Å². The molecule has 2 bridgehead atoms. The van der Waals surface area contributed by atoms with Crippen molar-refractivity contribution in [1.29, 1.82) is 0 Å². The van der Waals surface area contributed by atoms with E-state index < -0.39 is 0 Å². The van der Waals surface area contributed by atoms with Crippen molar-refractivity contribution in [1.82, 2.24) is 9.88 Å². The number of hydrogen-bond donors (Lipinski definition) is 2. The third-order valence-corrected chi connectivity index (χ3v) is 5.87. The van der Waals surface area contributed by atoms with E-state index in [1.807, 2.05) is 30.3 Å². The minimum atomic E-state index is -0.321. The highest BCUT2D eigenvalue weighted by molar-refractivity contribution is 5.75. The second kappa shape index (κ2) is 8.66. The zero-order valence-corrected chi connectivity index (χ0v) is 16.3. The van der Waals surface area contributed by atoms with Crippen molar-refractivity contribution < 1.29 is 14.6 Å². The molecule has 0 aliphatic heterocycles. The minimum Gasteiger partial charge on any atom is -0.483 e. The Morgan fingerprint density at radius 1 is 1.21 bits per heavy atom. The highest BCUT2D eigenvalue weighted by atomic mass is 16.5. The Balaban J connectivity index is 1.39. The Labute approximate surface area is 169 Å². The van der Waals surface area contributed by atoms with Gasteiger partial charge in [-0.3, -0.25) is 9.59 Å². The van der Waals surface area contributed by atoms with Gasteiger partial charge in [-0.1, -0.05) is 42.5 Å². The summed E-state index contributed by atoms with van der Waals surface area (Å²) in [6.07, 6.45) is 8.41. The lowest BCUT2D eigenvalue weighted by Crippen LogP contribution is -2.34. The Hall–Kier alpha value is -2.86. The Kier molecular flexibility index (Phi) is 5.81. The molecule has 0 spiro atoms. The van der Waals surface area contributed by atoms with Gasteiger partial charge in [0.05, 0.1) is 12.8 Å². The molecule has 29 heavy (non-hydrogen) atoms. The number of pyridine rings is 1. The molecule has 0 radical (unpaired) electrons. The standard InChI is InChI=1S/C23H26N2O4/c26-14-20-10-21(27)22(29-15-16-4-2-1-3-5-16)12-25(20)13-23(28)24-11-19-9-17-6-7-18(19)8-17/h1-7,10,12,17-19,26H,8-9,11,13-15H2,(H,24,28)/t17-,18+,19+/m1/s1. The number of carbonyl (C=O) groups excluding carboxylic acids is 1. The molecule has 1 aromatic heterocycles. The fourth-order valence-electron chi connectivity index (χ4n) is 4.31. The maximum atomic E-state index is 12.5. The number of nitrogens with zero attached hydrogens (tertiary/aromatic N) is 1. The maximum Gasteiger partial charge on any atom is 0.239 e. The number of ether oxygens (including phenoxy) is 1. The lowest BCUT2D eigenvalue weighted by molar-refractivity contribution is -0.121. The van der Waals surface area contributed by atoms with Gasteiger partial charge in [0.15, 0.2) is 5.75 Å². The van der Waals surface area contributed by atoms with Crippen LogP contribution in [0.4, 0.5) is 0 Å². The van der Waals surface area contributed by atoms with Crippen LogP contribution in [0.1, 0.15) is 24.1 Å². The van der Waals surface area contributed by atoms with Gasteiger partial charge in [0, 0.05) is 18.3 Å². The average molecular weight is 394 g/mol. The number of allylic oxidation sites excluding steroid dienone is 2. The number of hydrogen-bond acceptors (Lipinski definition) is 4. The number of amides is 1. The third-order valence-electron chi connectivity index (χ3n) is 5.87. The molecule has 3 atom stereocenters. The van der Waals surface area contributed by atoms with Crippen LogP contribution in [0.15, 0.2) is 59.5 Å². The molecule has 4 rings (SSSR count). The molecule has 1 heterocycles. The van der Waals surface area contributed by atoms with Gasteiger partial charge < -0.3 is 19.7 Å². The fourth-order valence-corrected chi connectivity index (χ4v) is 4.31. The monoisotopic (exact) mass is 394 g/mol. The zero-order chi connectivity index (χ0) is 20.2. The van der Waals surface area contributed by atoms with Gasteiger partial charge >= 0.3 is 0 Å². The molecule has 2 N–H and O–H groups in total. The fraction of sp³-hybridized carbons (Fsp3) is 0.391. The van der Waals surface area contributed by atoms with Crippen LogP contribution in [0, 0.1) is 17.8 Å². The van der Waals surface area contributed by atoms with Gasteiger partial charge in [0.25, 0.3) is 0 Å². The number of rotatable bonds is 8. The predicted octanol–water partition coefficient (Wildman–Crippen LogP) is 2.25. The van der Waals surface area contributed by atoms with E-state index in [-0.39, 0.29) is 36.8 Å². The largest absolute Gasteiger partial charge is 0.483 e. The first-order valence-corrected chi connectivity index (χ1v) is 10.1. The summed E-state index contributed by atoms with van der Waals surface area (Å²) >= 11 is 0. The first-order chi connectivity index (χ1) is 14.1. The van der Waals surface area contributed by atoms with Gasteiger partial charge in [-0.25, -0.2) is 0 Å². The predicted molar refractivity (Wildman–Crippen MR) is 109 cm³/mol. The van der Waals surface area contributed by atoms with Crippen molar-refractivity contribution in [3.8, 4) is 5.75 Å². The molecule has 6 heteroatoms. The van der Waals surface area contributed by atoms with Crippen LogP contribution in [0.25, 0.3) is 0 Å². The molecule has 1 aromatic carbocycles. The maximum absolute atomic E-state index is 12.5. The molecule has 6 nitrogen and oxygen atoms in total. The lowest BCUT2D eigenvalue weighted by Gasteiger charge is -2.19. The van der Waals surface area contributed by atoms with E-state index in [4.69, 9.17) is 4.74 Å². The quantitative estimate of drug-likeness (QED) is 0.673. The summed E-state index contributed by atoms with van der Waals surface area (Å²) in [6, 6.07) is 10.9. The van der Waals surface area contributed by atoms with E-state index in [9.17, 15) is 14.7 Å². The molecule has 2 aliphatic rings. The summed E-state index contributed by atoms with van der Waals surface area (Å²) < 4.78 is 7.25. The molecule has 0 unspecified atom stereocenters. The van der Waals surface area contributed by atoms with Crippen LogP contribution >= 0.6 is 0 Å². The first kappa shape index (κ1) is 19.5. The van der Waals surface area contributed by atoms with E-state index >= 15 is 0 Å². The number of fused-ring (bicyclic) bond motifs is 2. The Morgan fingerprint density at radius 3 is 2.72 bits per heavy atom. The summed E-state index contributed by atoms with van der Waals surface area (Å²) in [6.45, 7) is 0.641. The number of aromatic nitrogens is 1. The smallest absolute Gasteiger partial charge is 0.239 e. The van der Waals surface area contributed by atoms with E-state index in [0.29, 0.717) is 30.0 Å². The normalized spacial score (nSPS) is 22.0. The van der Waals surface area contributed by atoms with Crippen molar-refractivity contribution in [3.05, 3.63) is 76.2 Å². The van der Waals surface area contributed by atoms with Crippen molar-refractivity contribution >= 4 is 5.91 Å². The summed E-state index contributed by atoms with van der Waals surface area (Å²) in [5.41, 5.74) is 1.03. The SMILES string of the molecule is O=C(Cn1cc(OCc2ccccc2)c(=O)cc1CO)NC[C@@H]1C[C@@H]2C=C[C@H]1C2. The van der Waals surface area contributed by atoms with Crippen LogP contribution in [0.5, 0.6) is 5.75 Å². The van der Waals surface area contributed by atoms with E-state index in [0.717, 1.165) is 12.0 Å². The van der Waals surface area contributed by atoms with Crippen molar-refractivity contribution in [2.45, 2.75) is 32.6 Å². The second-order valence-corrected chi connectivity index (χ2v) is 7.90.